The van der Waals surface area contributed by atoms with Gasteiger partial charge in [-0.2, -0.15) is 0 Å². The Morgan fingerprint density at radius 3 is 3.00 bits per heavy atom. The van der Waals surface area contributed by atoms with Gasteiger partial charge in [-0.3, -0.25) is 9.59 Å². The highest BCUT2D eigenvalue weighted by Crippen LogP contribution is 2.23. The van der Waals surface area contributed by atoms with Crippen LogP contribution in [0.3, 0.4) is 0 Å². The maximum Gasteiger partial charge on any atom is 0.251 e. The lowest BCUT2D eigenvalue weighted by molar-refractivity contribution is -0.113. The fourth-order valence-electron chi connectivity index (χ4n) is 2.20. The molecular weight excluding hydrogens is 392 g/mol. The minimum atomic E-state index is -0.231. The van der Waals surface area contributed by atoms with Gasteiger partial charge >= 0.3 is 0 Å². The van der Waals surface area contributed by atoms with Crippen molar-refractivity contribution < 1.29 is 4.79 Å². The molecule has 3 aromatic rings. The summed E-state index contributed by atoms with van der Waals surface area (Å²) in [5.74, 6) is -0.0712. The third-order valence-corrected chi connectivity index (χ3v) is 5.28. The van der Waals surface area contributed by atoms with Crippen LogP contribution in [0.1, 0.15) is 16.1 Å². The number of aromatic amines is 1. The molecule has 3 rings (SSSR count). The molecule has 0 unspecified atom stereocenters. The molecule has 0 spiro atoms. The van der Waals surface area contributed by atoms with Crippen LogP contribution in [-0.2, 0) is 11.2 Å². The largest absolute Gasteiger partial charge is 0.301 e. The van der Waals surface area contributed by atoms with Gasteiger partial charge in [0.05, 0.1) is 5.75 Å². The number of anilines is 1. The Hall–Kier alpha value is -2.16. The van der Waals surface area contributed by atoms with Crippen molar-refractivity contribution in [3.8, 4) is 0 Å². The maximum atomic E-state index is 12.1. The molecule has 6 nitrogen and oxygen atoms in total. The van der Waals surface area contributed by atoms with Crippen LogP contribution < -0.4 is 10.9 Å². The monoisotopic (exact) mass is 406 g/mol. The predicted molar refractivity (Wildman–Crippen MR) is 105 cm³/mol. The fourth-order valence-corrected chi connectivity index (χ4v) is 4.00. The number of H-pyrrole nitrogens is 1. The first-order chi connectivity index (χ1) is 12.5. The summed E-state index contributed by atoms with van der Waals surface area (Å²) in [6, 6.07) is 9.04. The van der Waals surface area contributed by atoms with Crippen molar-refractivity contribution >= 4 is 45.7 Å². The first-order valence-electron chi connectivity index (χ1n) is 7.68. The van der Waals surface area contributed by atoms with E-state index in [-0.39, 0.29) is 17.2 Å². The molecule has 9 heteroatoms. The molecule has 2 N–H and O–H groups in total. The molecule has 0 aliphatic heterocycles. The number of hydrogen-bond acceptors (Lipinski definition) is 6. The summed E-state index contributed by atoms with van der Waals surface area (Å²) in [5.41, 5.74) is 1.47. The Morgan fingerprint density at radius 1 is 1.38 bits per heavy atom. The molecule has 0 saturated carbocycles. The Kier molecular flexibility index (Phi) is 6.08. The number of hydrogen-bond donors (Lipinski definition) is 2. The van der Waals surface area contributed by atoms with Crippen LogP contribution in [0.25, 0.3) is 0 Å². The second-order valence-corrected chi connectivity index (χ2v) is 7.98. The number of aryl methyl sites for hydroxylation is 1. The molecule has 134 valence electrons. The molecule has 0 bridgehead atoms. The van der Waals surface area contributed by atoms with E-state index in [0.717, 1.165) is 10.4 Å². The number of nitrogens with one attached hydrogen (secondary N) is 2. The number of carbonyl (C=O) groups excluding carboxylic acids is 1. The van der Waals surface area contributed by atoms with Crippen molar-refractivity contribution in [1.82, 2.24) is 15.0 Å². The van der Waals surface area contributed by atoms with E-state index in [4.69, 9.17) is 11.6 Å². The molecule has 0 saturated heterocycles. The Labute approximate surface area is 163 Å². The van der Waals surface area contributed by atoms with E-state index in [1.165, 1.54) is 29.2 Å². The molecule has 0 aliphatic rings. The first-order valence-corrected chi connectivity index (χ1v) is 9.86. The number of carbonyl (C=O) groups is 1. The van der Waals surface area contributed by atoms with Gasteiger partial charge < -0.3 is 10.3 Å². The minimum Gasteiger partial charge on any atom is -0.301 e. The van der Waals surface area contributed by atoms with Crippen molar-refractivity contribution in [2.45, 2.75) is 18.5 Å². The van der Waals surface area contributed by atoms with Crippen LogP contribution in [-0.4, -0.2) is 26.6 Å². The summed E-state index contributed by atoms with van der Waals surface area (Å²) < 4.78 is 0. The van der Waals surface area contributed by atoms with Gasteiger partial charge in [0.25, 0.3) is 5.56 Å². The zero-order valence-electron chi connectivity index (χ0n) is 13.8. The first kappa shape index (κ1) is 18.6. The number of rotatable bonds is 6. The van der Waals surface area contributed by atoms with E-state index < -0.39 is 0 Å². The number of nitrogens with zero attached hydrogens (tertiary/aromatic N) is 2. The van der Waals surface area contributed by atoms with E-state index in [1.807, 2.05) is 24.3 Å². The van der Waals surface area contributed by atoms with Gasteiger partial charge in [-0.05, 0) is 24.6 Å². The molecule has 1 aromatic carbocycles. The summed E-state index contributed by atoms with van der Waals surface area (Å²) in [7, 11) is 0. The van der Waals surface area contributed by atoms with Gasteiger partial charge in [-0.25, -0.2) is 9.97 Å². The van der Waals surface area contributed by atoms with Gasteiger partial charge in [0.1, 0.15) is 0 Å². The zero-order chi connectivity index (χ0) is 18.5. The van der Waals surface area contributed by atoms with Gasteiger partial charge in [0.2, 0.25) is 5.91 Å². The highest BCUT2D eigenvalue weighted by atomic mass is 35.5. The lowest BCUT2D eigenvalue weighted by Crippen LogP contribution is -2.15. The second-order valence-electron chi connectivity index (χ2n) is 5.47. The van der Waals surface area contributed by atoms with Crippen LogP contribution in [0.5, 0.6) is 0 Å². The Morgan fingerprint density at radius 2 is 2.23 bits per heavy atom. The van der Waals surface area contributed by atoms with Crippen LogP contribution in [0, 0.1) is 6.92 Å². The molecular formula is C17H15ClN4O2S2. The molecule has 0 aliphatic carbocycles. The molecule has 1 amide bonds. The van der Waals surface area contributed by atoms with Gasteiger partial charge in [-0.1, -0.05) is 35.5 Å². The molecule has 26 heavy (non-hydrogen) atoms. The third kappa shape index (κ3) is 5.42. The van der Waals surface area contributed by atoms with E-state index in [9.17, 15) is 9.59 Å². The number of benzene rings is 1. The second kappa shape index (κ2) is 8.48. The third-order valence-electron chi connectivity index (χ3n) is 3.26. The smallest absolute Gasteiger partial charge is 0.251 e. The van der Waals surface area contributed by atoms with Crippen molar-refractivity contribution in [2.75, 3.05) is 11.1 Å². The van der Waals surface area contributed by atoms with Crippen LogP contribution in [0.15, 0.2) is 46.5 Å². The van der Waals surface area contributed by atoms with Crippen molar-refractivity contribution in [3.05, 3.63) is 68.0 Å². The number of halogens is 1. The molecule has 0 atom stereocenters. The van der Waals surface area contributed by atoms with Crippen molar-refractivity contribution in [2.24, 2.45) is 0 Å². The lowest BCUT2D eigenvalue weighted by atomic mass is 10.1. The van der Waals surface area contributed by atoms with Crippen LogP contribution >= 0.6 is 34.7 Å². The highest BCUT2D eigenvalue weighted by Gasteiger charge is 2.09. The summed E-state index contributed by atoms with van der Waals surface area (Å²) in [6.07, 6.45) is 2.45. The zero-order valence-corrected chi connectivity index (χ0v) is 16.2. The van der Waals surface area contributed by atoms with Gasteiger partial charge in [0, 0.05) is 34.3 Å². The Bertz CT molecular complexity index is 987. The normalized spacial score (nSPS) is 10.7. The van der Waals surface area contributed by atoms with Crippen molar-refractivity contribution in [1.29, 1.82) is 0 Å². The average molecular weight is 407 g/mol. The predicted octanol–water partition coefficient (Wildman–Crippen LogP) is 3.51. The molecule has 2 aromatic heterocycles. The number of amides is 1. The van der Waals surface area contributed by atoms with E-state index in [1.54, 1.807) is 13.1 Å². The van der Waals surface area contributed by atoms with Gasteiger partial charge in [0.15, 0.2) is 10.3 Å². The molecule has 0 radical (unpaired) electrons. The number of thiazole rings is 1. The number of thioether (sulfide) groups is 1. The summed E-state index contributed by atoms with van der Waals surface area (Å²) in [4.78, 5) is 35.5. The standard InChI is InChI=1S/C17H15ClN4O2S2/c1-10-5-14(23)21-17(20-10)25-9-15(24)22-16-19-8-13(26-16)7-11-3-2-4-12(18)6-11/h2-6,8H,7,9H2,1H3,(H,19,22,24)(H,20,21,23). The van der Waals surface area contributed by atoms with Gasteiger partial charge in [-0.15, -0.1) is 11.3 Å². The molecule has 0 fully saturated rings. The van der Waals surface area contributed by atoms with Crippen molar-refractivity contribution in [3.63, 3.8) is 0 Å². The molecule has 2 heterocycles. The minimum absolute atomic E-state index is 0.135. The maximum absolute atomic E-state index is 12.1. The quantitative estimate of drug-likeness (QED) is 0.483. The topological polar surface area (TPSA) is 87.7 Å². The van der Waals surface area contributed by atoms with Crippen LogP contribution in [0.2, 0.25) is 5.02 Å². The summed E-state index contributed by atoms with van der Waals surface area (Å²) in [5, 5.41) is 4.42. The average Bonchev–Trinajstić information content (AvgIpc) is 2.99. The van der Waals surface area contributed by atoms with E-state index in [2.05, 4.69) is 20.3 Å². The SMILES string of the molecule is Cc1cc(=O)[nH]c(SCC(=O)Nc2ncc(Cc3cccc(Cl)c3)s2)n1. The van der Waals surface area contributed by atoms with E-state index >= 15 is 0 Å². The lowest BCUT2D eigenvalue weighted by Gasteiger charge is -2.02. The fraction of sp³-hybridized carbons (Fsp3) is 0.176. The number of aromatic nitrogens is 3. The van der Waals surface area contributed by atoms with Crippen LogP contribution in [0.4, 0.5) is 5.13 Å². The summed E-state index contributed by atoms with van der Waals surface area (Å²) in [6.45, 7) is 1.73. The van der Waals surface area contributed by atoms with E-state index in [0.29, 0.717) is 27.4 Å². The summed E-state index contributed by atoms with van der Waals surface area (Å²) >= 11 is 8.58. The highest BCUT2D eigenvalue weighted by molar-refractivity contribution is 7.99. The Balaban J connectivity index is 1.55.